The summed E-state index contributed by atoms with van der Waals surface area (Å²) in [7, 11) is 3.11. The number of halogens is 4. The van der Waals surface area contributed by atoms with Crippen LogP contribution < -0.4 is 20.5 Å². The number of hydrogen-bond acceptors (Lipinski definition) is 3. The van der Waals surface area contributed by atoms with Gasteiger partial charge in [0.25, 0.3) is 0 Å². The average Bonchev–Trinajstić information content (AvgIpc) is 2.69. The summed E-state index contributed by atoms with van der Waals surface area (Å²) < 4.78 is 47.9. The fourth-order valence-electron chi connectivity index (χ4n) is 2.23. The number of methoxy groups -OCH3 is 2. The quantitative estimate of drug-likeness (QED) is 0.273. The largest absolute Gasteiger partial charge is 0.493 e. The molecule has 2 aromatic rings. The van der Waals surface area contributed by atoms with Gasteiger partial charge in [-0.15, -0.1) is 24.0 Å². The highest BCUT2D eigenvalue weighted by atomic mass is 127. The zero-order valence-electron chi connectivity index (χ0n) is 15.8. The second-order valence-corrected chi connectivity index (χ2v) is 5.62. The molecule has 2 rings (SSSR count). The Morgan fingerprint density at radius 2 is 1.72 bits per heavy atom. The number of alkyl halides is 3. The molecule has 156 valence electrons. The fraction of sp³-hybridized carbons (Fsp3) is 0.250. The van der Waals surface area contributed by atoms with Crippen LogP contribution in [0.3, 0.4) is 0 Å². The van der Waals surface area contributed by atoms with Crippen LogP contribution >= 0.6 is 24.0 Å². The third kappa shape index (κ3) is 7.73. The van der Waals surface area contributed by atoms with Gasteiger partial charge in [0, 0.05) is 5.56 Å². The number of benzene rings is 2. The van der Waals surface area contributed by atoms with Crippen LogP contribution in [0.15, 0.2) is 47.5 Å². The molecule has 0 heterocycles. The summed E-state index contributed by atoms with van der Waals surface area (Å²) in [6.07, 6.45) is -4.35. The number of ether oxygens (including phenoxy) is 2. The Balaban J connectivity index is 0.00000420. The highest BCUT2D eigenvalue weighted by Gasteiger charge is 2.29. The van der Waals surface area contributed by atoms with E-state index in [0.717, 1.165) is 17.7 Å². The van der Waals surface area contributed by atoms with Crippen molar-refractivity contribution >= 4 is 29.9 Å². The summed E-state index contributed by atoms with van der Waals surface area (Å²) >= 11 is 0. The highest BCUT2D eigenvalue weighted by Crippen LogP contribution is 2.29. The molecule has 2 aromatic carbocycles. The van der Waals surface area contributed by atoms with Gasteiger partial charge in [0.15, 0.2) is 17.5 Å². The van der Waals surface area contributed by atoms with E-state index in [-0.39, 0.29) is 36.5 Å². The molecule has 0 amide bonds. The zero-order chi connectivity index (χ0) is 20.6. The number of nitrogens with two attached hydrogens (primary N) is 1. The van der Waals surface area contributed by atoms with Crippen LogP contribution in [0.5, 0.6) is 11.5 Å². The van der Waals surface area contributed by atoms with Crippen molar-refractivity contribution in [2.45, 2.75) is 12.7 Å². The van der Waals surface area contributed by atoms with Crippen LogP contribution in [-0.4, -0.2) is 26.7 Å². The van der Waals surface area contributed by atoms with Crippen LogP contribution in [0.25, 0.3) is 0 Å². The van der Waals surface area contributed by atoms with Gasteiger partial charge in [0.1, 0.15) is 0 Å². The maximum Gasteiger partial charge on any atom is 0.416 e. The molecule has 3 N–H and O–H groups in total. The monoisotopic (exact) mass is 519 g/mol. The summed E-state index contributed by atoms with van der Waals surface area (Å²) in [5.74, 6) is 6.97. The lowest BCUT2D eigenvalue weighted by molar-refractivity contribution is -0.137. The van der Waals surface area contributed by atoms with Gasteiger partial charge in [0.2, 0.25) is 0 Å². The van der Waals surface area contributed by atoms with E-state index in [2.05, 4.69) is 22.2 Å². The first kappa shape index (κ1) is 24.4. The molecular weight excluding hydrogens is 498 g/mol. The van der Waals surface area contributed by atoms with E-state index in [9.17, 15) is 13.2 Å². The van der Waals surface area contributed by atoms with Crippen LogP contribution in [0.1, 0.15) is 16.7 Å². The topological polar surface area (TPSA) is 68.9 Å². The first-order chi connectivity index (χ1) is 13.3. The molecule has 0 saturated heterocycles. The summed E-state index contributed by atoms with van der Waals surface area (Å²) in [4.78, 5) is 4.20. The predicted octanol–water partition coefficient (Wildman–Crippen LogP) is 3.80. The molecule has 9 heteroatoms. The predicted molar refractivity (Wildman–Crippen MR) is 117 cm³/mol. The van der Waals surface area contributed by atoms with Gasteiger partial charge >= 0.3 is 6.18 Å². The van der Waals surface area contributed by atoms with E-state index < -0.39 is 11.7 Å². The van der Waals surface area contributed by atoms with Gasteiger partial charge in [0.05, 0.1) is 32.9 Å². The molecule has 0 radical (unpaired) electrons. The van der Waals surface area contributed by atoms with Gasteiger partial charge < -0.3 is 20.5 Å². The SMILES string of the molecule is COc1ccc(CN=C(N)NCC#Cc2ccc(C(F)(F)F)cc2)cc1OC.I. The minimum atomic E-state index is -4.35. The number of rotatable bonds is 5. The molecule has 0 atom stereocenters. The Morgan fingerprint density at radius 1 is 1.07 bits per heavy atom. The second kappa shape index (κ2) is 11.4. The van der Waals surface area contributed by atoms with Crippen LogP contribution in [0, 0.1) is 11.8 Å². The van der Waals surface area contributed by atoms with Gasteiger partial charge in [-0.25, -0.2) is 4.99 Å². The molecule has 0 bridgehead atoms. The molecule has 5 nitrogen and oxygen atoms in total. The van der Waals surface area contributed by atoms with E-state index in [1.807, 2.05) is 6.07 Å². The van der Waals surface area contributed by atoms with Crippen molar-refractivity contribution in [1.82, 2.24) is 5.32 Å². The Kier molecular flexibility index (Phi) is 9.61. The van der Waals surface area contributed by atoms with E-state index in [1.165, 1.54) is 12.1 Å². The third-order valence-electron chi connectivity index (χ3n) is 3.68. The Bertz CT molecular complexity index is 889. The van der Waals surface area contributed by atoms with Gasteiger partial charge in [-0.2, -0.15) is 13.2 Å². The van der Waals surface area contributed by atoms with E-state index >= 15 is 0 Å². The lowest BCUT2D eigenvalue weighted by Crippen LogP contribution is -2.31. The third-order valence-corrected chi connectivity index (χ3v) is 3.68. The maximum atomic E-state index is 12.5. The van der Waals surface area contributed by atoms with Crippen LogP contribution in [0.2, 0.25) is 0 Å². The van der Waals surface area contributed by atoms with Crippen LogP contribution in [0.4, 0.5) is 13.2 Å². The van der Waals surface area contributed by atoms with Crippen molar-refractivity contribution in [3.05, 3.63) is 59.2 Å². The van der Waals surface area contributed by atoms with Gasteiger partial charge in [-0.3, -0.25) is 0 Å². The van der Waals surface area contributed by atoms with Crippen molar-refractivity contribution < 1.29 is 22.6 Å². The molecule has 0 fully saturated rings. The molecule has 0 aliphatic carbocycles. The van der Waals surface area contributed by atoms with Crippen molar-refractivity contribution in [1.29, 1.82) is 0 Å². The Labute approximate surface area is 184 Å². The van der Waals surface area contributed by atoms with E-state index in [0.29, 0.717) is 23.6 Å². The minimum absolute atomic E-state index is 0. The van der Waals surface area contributed by atoms with Crippen molar-refractivity contribution in [3.63, 3.8) is 0 Å². The smallest absolute Gasteiger partial charge is 0.416 e. The average molecular weight is 519 g/mol. The molecule has 29 heavy (non-hydrogen) atoms. The molecular formula is C20H21F3IN3O2. The number of hydrogen-bond donors (Lipinski definition) is 2. The van der Waals surface area contributed by atoms with Crippen molar-refractivity contribution in [2.24, 2.45) is 10.7 Å². The van der Waals surface area contributed by atoms with Gasteiger partial charge in [-0.1, -0.05) is 17.9 Å². The highest BCUT2D eigenvalue weighted by molar-refractivity contribution is 14.0. The fourth-order valence-corrected chi connectivity index (χ4v) is 2.23. The first-order valence-corrected chi connectivity index (χ1v) is 8.24. The van der Waals surface area contributed by atoms with Gasteiger partial charge in [-0.05, 0) is 42.0 Å². The Morgan fingerprint density at radius 3 is 2.31 bits per heavy atom. The molecule has 0 spiro atoms. The molecule has 0 aromatic heterocycles. The van der Waals surface area contributed by atoms with E-state index in [1.54, 1.807) is 26.4 Å². The molecule has 0 aliphatic rings. The maximum absolute atomic E-state index is 12.5. The summed E-state index contributed by atoms with van der Waals surface area (Å²) in [6.45, 7) is 0.549. The lowest BCUT2D eigenvalue weighted by atomic mass is 10.1. The summed E-state index contributed by atoms with van der Waals surface area (Å²) in [5, 5.41) is 2.83. The molecule has 0 unspecified atom stereocenters. The lowest BCUT2D eigenvalue weighted by Gasteiger charge is -2.08. The zero-order valence-corrected chi connectivity index (χ0v) is 18.2. The first-order valence-electron chi connectivity index (χ1n) is 8.24. The normalized spacial score (nSPS) is 11.0. The number of nitrogens with one attached hydrogen (secondary N) is 1. The van der Waals surface area contributed by atoms with Crippen molar-refractivity contribution in [3.8, 4) is 23.3 Å². The van der Waals surface area contributed by atoms with E-state index in [4.69, 9.17) is 15.2 Å². The summed E-state index contributed by atoms with van der Waals surface area (Å²) in [6, 6.07) is 10.1. The van der Waals surface area contributed by atoms with Crippen LogP contribution in [-0.2, 0) is 12.7 Å². The standard InChI is InChI=1S/C20H20F3N3O2.HI/c1-27-17-10-7-15(12-18(17)28-2)13-26-19(24)25-11-3-4-14-5-8-16(9-6-14)20(21,22)23;/h5-10,12H,11,13H2,1-2H3,(H3,24,25,26);1H. The second-order valence-electron chi connectivity index (χ2n) is 5.62. The summed E-state index contributed by atoms with van der Waals surface area (Å²) in [5.41, 5.74) is 6.45. The number of aliphatic imine (C=N–C) groups is 1. The molecule has 0 aliphatic heterocycles. The number of nitrogens with zero attached hydrogens (tertiary/aromatic N) is 1. The Hall–Kier alpha value is -2.61. The minimum Gasteiger partial charge on any atom is -0.493 e. The number of guanidine groups is 1. The molecule has 0 saturated carbocycles. The van der Waals surface area contributed by atoms with Crippen molar-refractivity contribution in [2.75, 3.05) is 20.8 Å².